The van der Waals surface area contributed by atoms with Gasteiger partial charge in [0, 0.05) is 86.0 Å². The Morgan fingerprint density at radius 1 is 0.635 bits per heavy atom. The first-order chi connectivity index (χ1) is 40.3. The normalized spacial score (nSPS) is 18.1. The van der Waals surface area contributed by atoms with Crippen molar-refractivity contribution in [3.63, 3.8) is 0 Å². The Labute approximate surface area is 495 Å². The van der Waals surface area contributed by atoms with Gasteiger partial charge in [0.25, 0.3) is 0 Å². The minimum absolute atomic E-state index is 0.00182. The monoisotopic (exact) mass is 1170 g/mol. The van der Waals surface area contributed by atoms with Crippen LogP contribution in [0.25, 0.3) is 44.6 Å². The van der Waals surface area contributed by atoms with Gasteiger partial charge in [-0.25, -0.2) is 57.4 Å². The molecule has 3 N–H and O–H groups in total. The van der Waals surface area contributed by atoms with Crippen LogP contribution in [0.2, 0.25) is 0 Å². The Hall–Kier alpha value is -7.41. The van der Waals surface area contributed by atoms with Gasteiger partial charge < -0.3 is 44.4 Å². The third-order valence-electron chi connectivity index (χ3n) is 15.4. The van der Waals surface area contributed by atoms with Crippen LogP contribution in [-0.2, 0) is 16.0 Å². The lowest BCUT2D eigenvalue weighted by molar-refractivity contribution is -0.111. The number of aromatic nitrogens is 10. The second-order valence-corrected chi connectivity index (χ2v) is 23.6. The van der Waals surface area contributed by atoms with Gasteiger partial charge >= 0.3 is 0 Å². The van der Waals surface area contributed by atoms with Gasteiger partial charge in [-0.1, -0.05) is 6.07 Å². The summed E-state index contributed by atoms with van der Waals surface area (Å²) in [5.74, 6) is 0.122. The van der Waals surface area contributed by atoms with Gasteiger partial charge in [0.1, 0.15) is 45.7 Å². The van der Waals surface area contributed by atoms with E-state index in [1.807, 2.05) is 62.1 Å². The summed E-state index contributed by atoms with van der Waals surface area (Å²) < 4.78 is 75.0. The summed E-state index contributed by atoms with van der Waals surface area (Å²) in [4.78, 5) is 51.5. The summed E-state index contributed by atoms with van der Waals surface area (Å²) in [7, 11) is 8.42. The second-order valence-electron chi connectivity index (χ2n) is 23.6. The summed E-state index contributed by atoms with van der Waals surface area (Å²) >= 11 is 0. The number of imidazole rings is 2. The Balaban J connectivity index is 0.000000189. The predicted molar refractivity (Wildman–Crippen MR) is 324 cm³/mol. The summed E-state index contributed by atoms with van der Waals surface area (Å²) in [6.45, 7) is 26.4. The standard InChI is InChI=1S/C31H40F2N8O.C21H18F2N6O.C10H22N2O/c1-19(2)41-21(4)36-29-24(32)12-23(13-26(29)41)28-25(33)16-35-30(38-28)37-27-9-8-22(15-34-27)17-40-10-11-42-31(5,18-40)14-20(3)39(6)7;1-11(2)29-12(3)26-20-15(22)6-14(7-17(20)29)19-16(23)9-25-21(28-19)27-18-5-4-13(10-30)8-24-18;1-9(12(3)4)7-10(2)8-11-5-6-13-10/h8-9,12-13,15-16,19-20H,10-11,14,17-18H2,1-7H3,(H,34,35,37,38);4-11H,1-3H3,(H,24,25,27,28);9,11H,5-8H2,1-4H3/t20-,31-;;9-,10-/m0.0/s1. The quantitative estimate of drug-likeness (QED) is 0.0575. The van der Waals surface area contributed by atoms with Crippen molar-refractivity contribution in [3.8, 4) is 22.5 Å². The zero-order chi connectivity index (χ0) is 61.5. The molecule has 8 heterocycles. The van der Waals surface area contributed by atoms with E-state index < -0.39 is 23.3 Å². The van der Waals surface area contributed by atoms with Gasteiger partial charge in [-0.05, 0) is 158 Å². The highest BCUT2D eigenvalue weighted by Gasteiger charge is 2.34. The molecule has 0 radical (unpaired) electrons. The summed E-state index contributed by atoms with van der Waals surface area (Å²) in [6.07, 6.45) is 8.03. The molecular formula is C62H80F4N16O3. The van der Waals surface area contributed by atoms with Gasteiger partial charge in [-0.2, -0.15) is 0 Å². The fraction of sp³-hybridized carbons (Fsp3) is 0.468. The molecule has 0 saturated carbocycles. The van der Waals surface area contributed by atoms with Gasteiger partial charge in [-0.15, -0.1) is 0 Å². The number of hydrogen-bond acceptors (Lipinski definition) is 17. The van der Waals surface area contributed by atoms with Crippen molar-refractivity contribution in [1.82, 2.24) is 69.0 Å². The van der Waals surface area contributed by atoms with Crippen molar-refractivity contribution in [2.24, 2.45) is 0 Å². The fourth-order valence-corrected chi connectivity index (χ4v) is 10.8. The van der Waals surface area contributed by atoms with Crippen LogP contribution in [0.3, 0.4) is 0 Å². The first-order valence-corrected chi connectivity index (χ1v) is 28.7. The highest BCUT2D eigenvalue weighted by molar-refractivity contribution is 5.84. The smallest absolute Gasteiger partial charge is 0.229 e. The largest absolute Gasteiger partial charge is 0.373 e. The number of nitrogens with zero attached hydrogens (tertiary/aromatic N) is 13. The Morgan fingerprint density at radius 2 is 1.13 bits per heavy atom. The predicted octanol–water partition coefficient (Wildman–Crippen LogP) is 11.0. The van der Waals surface area contributed by atoms with Crippen LogP contribution in [0.15, 0.2) is 73.3 Å². The molecule has 6 aromatic heterocycles. The molecule has 0 bridgehead atoms. The lowest BCUT2D eigenvalue weighted by Gasteiger charge is -2.42. The van der Waals surface area contributed by atoms with Crippen LogP contribution in [0.4, 0.5) is 41.1 Å². The van der Waals surface area contributed by atoms with Crippen LogP contribution in [0.1, 0.15) is 108 Å². The first-order valence-electron chi connectivity index (χ1n) is 28.7. The SMILES string of the molecule is C[C@@H](C[C@@]1(C)CNCCO1)N(C)C.Cc1nc2c(F)cc(-c3nc(Nc4ccc(C=O)cn4)ncc3F)cc2n1C(C)C.Cc1nc2c(F)cc(-c3nc(Nc4ccc(CN5CCO[C@@](C)(C[C@H](C)N(C)C)C5)cn4)ncc3F)cc2n1C(C)C. The third kappa shape index (κ3) is 15.7. The van der Waals surface area contributed by atoms with E-state index in [0.29, 0.717) is 70.4 Å². The number of hydrogen-bond donors (Lipinski definition) is 3. The number of rotatable bonds is 17. The molecule has 0 spiro atoms. The molecule has 10 rings (SSSR count). The molecule has 2 aliphatic rings. The Kier molecular flexibility index (Phi) is 20.4. The van der Waals surface area contributed by atoms with E-state index >= 15 is 4.39 Å². The molecule has 2 aromatic carbocycles. The van der Waals surface area contributed by atoms with Crippen LogP contribution in [0.5, 0.6) is 0 Å². The molecule has 23 heteroatoms. The maximum atomic E-state index is 15.0. The summed E-state index contributed by atoms with van der Waals surface area (Å²) in [5, 5.41) is 9.28. The molecule has 2 saturated heterocycles. The average molecular weight is 1170 g/mol. The molecule has 4 atom stereocenters. The number of carbonyl (C=O) groups excluding carboxylic acids is 1. The zero-order valence-corrected chi connectivity index (χ0v) is 51.2. The zero-order valence-electron chi connectivity index (χ0n) is 51.2. The molecule has 0 aliphatic carbocycles. The molecular weight excluding hydrogens is 1090 g/mol. The van der Waals surface area contributed by atoms with E-state index in [1.54, 1.807) is 31.2 Å². The molecule has 2 fully saturated rings. The Morgan fingerprint density at radius 3 is 1.56 bits per heavy atom. The van der Waals surface area contributed by atoms with Crippen molar-refractivity contribution in [3.05, 3.63) is 119 Å². The maximum absolute atomic E-state index is 15.0. The summed E-state index contributed by atoms with van der Waals surface area (Å²) in [5.41, 5.74) is 3.51. The van der Waals surface area contributed by atoms with Crippen molar-refractivity contribution in [2.45, 2.75) is 124 Å². The van der Waals surface area contributed by atoms with Crippen LogP contribution >= 0.6 is 0 Å². The van der Waals surface area contributed by atoms with Crippen molar-refractivity contribution in [2.75, 3.05) is 78.2 Å². The number of nitrogens with one attached hydrogen (secondary N) is 3. The molecule has 454 valence electrons. The number of pyridine rings is 2. The molecule has 2 aliphatic heterocycles. The lowest BCUT2D eigenvalue weighted by Crippen LogP contribution is -2.52. The van der Waals surface area contributed by atoms with Crippen LogP contribution in [-0.4, -0.2) is 161 Å². The number of ether oxygens (including phenoxy) is 2. The van der Waals surface area contributed by atoms with Gasteiger partial charge in [0.15, 0.2) is 29.6 Å². The van der Waals surface area contributed by atoms with Crippen molar-refractivity contribution >= 4 is 51.9 Å². The molecule has 0 amide bonds. The average Bonchev–Trinajstić information content (AvgIpc) is 2.56. The number of fused-ring (bicyclic) bond motifs is 2. The topological polar surface area (TPSA) is 194 Å². The number of aldehydes is 1. The number of halogens is 4. The highest BCUT2D eigenvalue weighted by Crippen LogP contribution is 2.33. The second kappa shape index (κ2) is 27.3. The van der Waals surface area contributed by atoms with Crippen LogP contribution < -0.4 is 16.0 Å². The molecule has 19 nitrogen and oxygen atoms in total. The number of benzene rings is 2. The molecule has 85 heavy (non-hydrogen) atoms. The van der Waals surface area contributed by atoms with Crippen molar-refractivity contribution < 1.29 is 31.8 Å². The van der Waals surface area contributed by atoms with E-state index in [4.69, 9.17) is 9.47 Å². The van der Waals surface area contributed by atoms with Gasteiger partial charge in [0.2, 0.25) is 11.9 Å². The third-order valence-corrected chi connectivity index (χ3v) is 15.4. The van der Waals surface area contributed by atoms with E-state index in [0.717, 1.165) is 70.1 Å². The number of morpholine rings is 2. The van der Waals surface area contributed by atoms with Crippen molar-refractivity contribution in [1.29, 1.82) is 0 Å². The molecule has 8 aromatic rings. The summed E-state index contributed by atoms with van der Waals surface area (Å²) in [6, 6.07) is 14.0. The minimum atomic E-state index is -0.684. The van der Waals surface area contributed by atoms with E-state index in [9.17, 15) is 18.0 Å². The highest BCUT2D eigenvalue weighted by atomic mass is 19.1. The van der Waals surface area contributed by atoms with E-state index in [-0.39, 0.29) is 63.2 Å². The minimum Gasteiger partial charge on any atom is -0.373 e. The van der Waals surface area contributed by atoms with Gasteiger partial charge in [0.05, 0.1) is 47.8 Å². The number of aryl methyl sites for hydroxylation is 2. The van der Waals surface area contributed by atoms with E-state index in [1.165, 1.54) is 18.3 Å². The lowest BCUT2D eigenvalue weighted by atomic mass is 9.94. The molecule has 0 unspecified atom stereocenters. The fourth-order valence-electron chi connectivity index (χ4n) is 10.8. The number of carbonyl (C=O) groups is 1. The van der Waals surface area contributed by atoms with E-state index in [2.05, 4.69) is 126 Å². The van der Waals surface area contributed by atoms with Gasteiger partial charge in [-0.3, -0.25) is 9.69 Å². The first kappa shape index (κ1) is 63.6. The van der Waals surface area contributed by atoms with Crippen LogP contribution in [0, 0.1) is 37.1 Å². The number of anilines is 4. The Bertz CT molecular complexity index is 3570. The maximum Gasteiger partial charge on any atom is 0.229 e.